The Morgan fingerprint density at radius 1 is 1.52 bits per heavy atom. The van der Waals surface area contributed by atoms with Crippen molar-refractivity contribution in [3.63, 3.8) is 0 Å². The second-order valence-corrected chi connectivity index (χ2v) is 5.28. The van der Waals surface area contributed by atoms with Crippen molar-refractivity contribution in [3.8, 4) is 5.75 Å². The lowest BCUT2D eigenvalue weighted by atomic mass is 10.2. The van der Waals surface area contributed by atoms with Crippen LogP contribution in [0.1, 0.15) is 13.8 Å². The topological polar surface area (TPSA) is 90.9 Å². The summed E-state index contributed by atoms with van der Waals surface area (Å²) in [6.07, 6.45) is -0.0891. The van der Waals surface area contributed by atoms with E-state index in [0.717, 1.165) is 5.69 Å². The van der Waals surface area contributed by atoms with Crippen LogP contribution in [0.4, 0.5) is 11.4 Å². The molecule has 1 aliphatic heterocycles. The summed E-state index contributed by atoms with van der Waals surface area (Å²) in [5.74, 6) is 0.505. The third-order valence-corrected chi connectivity index (χ3v) is 3.23. The van der Waals surface area contributed by atoms with Crippen LogP contribution in [-0.2, 0) is 4.74 Å². The third-order valence-electron chi connectivity index (χ3n) is 3.23. The van der Waals surface area contributed by atoms with Crippen LogP contribution >= 0.6 is 0 Å². The molecule has 1 aromatic carbocycles. The number of benzene rings is 1. The van der Waals surface area contributed by atoms with E-state index in [2.05, 4.69) is 0 Å². The maximum Gasteiger partial charge on any atom is 0.275 e. The number of nitro groups is 1. The maximum atomic E-state index is 11.1. The summed E-state index contributed by atoms with van der Waals surface area (Å²) in [5.41, 5.74) is 6.43. The van der Waals surface area contributed by atoms with Crippen molar-refractivity contribution in [1.82, 2.24) is 0 Å². The quantitative estimate of drug-likeness (QED) is 0.654. The molecule has 1 aliphatic rings. The zero-order valence-corrected chi connectivity index (χ0v) is 12.3. The van der Waals surface area contributed by atoms with Gasteiger partial charge in [-0.15, -0.1) is 0 Å². The fraction of sp³-hybridized carbons (Fsp3) is 0.571. The summed E-state index contributed by atoms with van der Waals surface area (Å²) in [7, 11) is 0. The molecule has 0 aliphatic carbocycles. The van der Waals surface area contributed by atoms with Crippen molar-refractivity contribution in [2.45, 2.75) is 26.1 Å². The van der Waals surface area contributed by atoms with Crippen LogP contribution in [0.3, 0.4) is 0 Å². The van der Waals surface area contributed by atoms with E-state index in [1.165, 1.54) is 6.07 Å². The van der Waals surface area contributed by atoms with Crippen LogP contribution < -0.4 is 15.4 Å². The molecule has 7 nitrogen and oxygen atoms in total. The molecule has 0 bridgehead atoms. The van der Waals surface area contributed by atoms with Gasteiger partial charge in [-0.3, -0.25) is 10.1 Å². The molecule has 1 heterocycles. The highest BCUT2D eigenvalue weighted by Gasteiger charge is 2.22. The first-order chi connectivity index (χ1) is 9.99. The minimum absolute atomic E-state index is 0.0268. The SMILES string of the molecule is CC(C)Oc1cc(N2CCOC(CN)C2)cc([N+](=O)[O-])c1. The van der Waals surface area contributed by atoms with Gasteiger partial charge in [-0.05, 0) is 13.8 Å². The van der Waals surface area contributed by atoms with Crippen molar-refractivity contribution in [2.75, 3.05) is 31.1 Å². The Balaban J connectivity index is 2.28. The van der Waals surface area contributed by atoms with Gasteiger partial charge >= 0.3 is 0 Å². The second-order valence-electron chi connectivity index (χ2n) is 5.28. The molecule has 7 heteroatoms. The Morgan fingerprint density at radius 2 is 2.29 bits per heavy atom. The van der Waals surface area contributed by atoms with Crippen LogP contribution in [0.5, 0.6) is 5.75 Å². The van der Waals surface area contributed by atoms with Crippen molar-refractivity contribution >= 4 is 11.4 Å². The maximum absolute atomic E-state index is 11.1. The van der Waals surface area contributed by atoms with Gasteiger partial charge in [0.05, 0.1) is 29.8 Å². The zero-order chi connectivity index (χ0) is 15.4. The molecule has 0 aromatic heterocycles. The molecule has 1 aromatic rings. The second kappa shape index (κ2) is 6.73. The molecule has 21 heavy (non-hydrogen) atoms. The van der Waals surface area contributed by atoms with Crippen molar-refractivity contribution in [2.24, 2.45) is 5.73 Å². The van der Waals surface area contributed by atoms with Crippen LogP contribution in [0.25, 0.3) is 0 Å². The molecule has 0 amide bonds. The summed E-state index contributed by atoms with van der Waals surface area (Å²) in [6, 6.07) is 4.84. The van der Waals surface area contributed by atoms with Crippen molar-refractivity contribution in [3.05, 3.63) is 28.3 Å². The lowest BCUT2D eigenvalue weighted by Crippen LogP contribution is -2.45. The molecule has 2 N–H and O–H groups in total. The number of nitro benzene ring substituents is 1. The summed E-state index contributed by atoms with van der Waals surface area (Å²) in [5, 5.41) is 11.1. The first-order valence-corrected chi connectivity index (χ1v) is 7.02. The number of hydrogen-bond donors (Lipinski definition) is 1. The minimum Gasteiger partial charge on any atom is -0.491 e. The van der Waals surface area contributed by atoms with E-state index >= 15 is 0 Å². The number of rotatable bonds is 5. The van der Waals surface area contributed by atoms with Gasteiger partial charge in [0.15, 0.2) is 0 Å². The average Bonchev–Trinajstić information content (AvgIpc) is 2.46. The van der Waals surface area contributed by atoms with E-state index in [4.69, 9.17) is 15.2 Å². The number of hydrogen-bond acceptors (Lipinski definition) is 6. The van der Waals surface area contributed by atoms with Crippen LogP contribution in [-0.4, -0.2) is 43.4 Å². The normalized spacial score (nSPS) is 18.9. The number of nitrogens with two attached hydrogens (primary N) is 1. The molecule has 0 spiro atoms. The van der Waals surface area contributed by atoms with E-state index in [1.54, 1.807) is 6.07 Å². The molecule has 2 rings (SSSR count). The third kappa shape index (κ3) is 4.05. The van der Waals surface area contributed by atoms with Gasteiger partial charge in [-0.25, -0.2) is 0 Å². The summed E-state index contributed by atoms with van der Waals surface area (Å²) < 4.78 is 11.1. The van der Waals surface area contributed by atoms with E-state index in [9.17, 15) is 10.1 Å². The van der Waals surface area contributed by atoms with Gasteiger partial charge in [0, 0.05) is 37.5 Å². The Morgan fingerprint density at radius 3 is 2.90 bits per heavy atom. The Hall–Kier alpha value is -1.86. The van der Waals surface area contributed by atoms with E-state index in [-0.39, 0.29) is 17.9 Å². The molecule has 116 valence electrons. The standard InChI is InChI=1S/C14H21N3O4/c1-10(2)21-13-6-11(5-12(7-13)17(18)19)16-3-4-20-14(8-15)9-16/h5-7,10,14H,3-4,8-9,15H2,1-2H3. The molecule has 0 radical (unpaired) electrons. The molecule has 1 saturated heterocycles. The van der Waals surface area contributed by atoms with Crippen LogP contribution in [0, 0.1) is 10.1 Å². The summed E-state index contributed by atoms with van der Waals surface area (Å²) >= 11 is 0. The van der Waals surface area contributed by atoms with Crippen LogP contribution in [0.2, 0.25) is 0 Å². The predicted octanol–water partition coefficient (Wildman–Crippen LogP) is 1.55. The van der Waals surface area contributed by atoms with Gasteiger partial charge in [0.1, 0.15) is 5.75 Å². The Kier molecular flexibility index (Phi) is 4.98. The largest absolute Gasteiger partial charge is 0.491 e. The number of ether oxygens (including phenoxy) is 2. The van der Waals surface area contributed by atoms with Gasteiger partial charge in [0.25, 0.3) is 5.69 Å². The lowest BCUT2D eigenvalue weighted by Gasteiger charge is -2.34. The van der Waals surface area contributed by atoms with Crippen molar-refractivity contribution < 1.29 is 14.4 Å². The zero-order valence-electron chi connectivity index (χ0n) is 12.3. The summed E-state index contributed by atoms with van der Waals surface area (Å²) in [6.45, 7) is 6.07. The first kappa shape index (κ1) is 15.5. The Bertz CT molecular complexity index is 507. The minimum atomic E-state index is -0.405. The molecule has 1 fully saturated rings. The Labute approximate surface area is 123 Å². The van der Waals surface area contributed by atoms with Crippen molar-refractivity contribution in [1.29, 1.82) is 0 Å². The average molecular weight is 295 g/mol. The van der Waals surface area contributed by atoms with Crippen LogP contribution in [0.15, 0.2) is 18.2 Å². The highest BCUT2D eigenvalue weighted by atomic mass is 16.6. The monoisotopic (exact) mass is 295 g/mol. The number of anilines is 1. The molecule has 1 atom stereocenters. The predicted molar refractivity (Wildman–Crippen MR) is 79.9 cm³/mol. The van der Waals surface area contributed by atoms with Gasteiger partial charge < -0.3 is 20.1 Å². The molecule has 1 unspecified atom stereocenters. The summed E-state index contributed by atoms with van der Waals surface area (Å²) in [4.78, 5) is 12.7. The number of nitrogens with zero attached hydrogens (tertiary/aromatic N) is 2. The van der Waals surface area contributed by atoms with Gasteiger partial charge in [-0.1, -0.05) is 0 Å². The molecular weight excluding hydrogens is 274 g/mol. The van der Waals surface area contributed by atoms with E-state index in [1.807, 2.05) is 24.8 Å². The fourth-order valence-electron chi connectivity index (χ4n) is 2.29. The highest BCUT2D eigenvalue weighted by Crippen LogP contribution is 2.30. The van der Waals surface area contributed by atoms with Gasteiger partial charge in [-0.2, -0.15) is 0 Å². The highest BCUT2D eigenvalue weighted by molar-refractivity contribution is 5.58. The lowest BCUT2D eigenvalue weighted by molar-refractivity contribution is -0.384. The molecular formula is C14H21N3O4. The number of morpholine rings is 1. The van der Waals surface area contributed by atoms with E-state index in [0.29, 0.717) is 32.0 Å². The smallest absolute Gasteiger partial charge is 0.275 e. The van der Waals surface area contributed by atoms with Gasteiger partial charge in [0.2, 0.25) is 0 Å². The fourth-order valence-corrected chi connectivity index (χ4v) is 2.29. The first-order valence-electron chi connectivity index (χ1n) is 7.02. The molecule has 0 saturated carbocycles. The van der Waals surface area contributed by atoms with E-state index < -0.39 is 4.92 Å². The number of non-ortho nitro benzene ring substituents is 1.